The number of anilines is 1. The minimum Gasteiger partial charge on any atom is -0.495 e. The minimum atomic E-state index is 0.144. The van der Waals surface area contributed by atoms with Crippen LogP contribution in [0.4, 0.5) is 5.82 Å². The van der Waals surface area contributed by atoms with E-state index in [-0.39, 0.29) is 12.1 Å². The summed E-state index contributed by atoms with van der Waals surface area (Å²) in [6, 6.07) is 9.98. The number of aromatic nitrogens is 3. The molecule has 4 heterocycles. The van der Waals surface area contributed by atoms with E-state index in [0.29, 0.717) is 0 Å². The summed E-state index contributed by atoms with van der Waals surface area (Å²) in [5, 5.41) is 6.79. The van der Waals surface area contributed by atoms with E-state index in [1.807, 2.05) is 47.1 Å². The third-order valence-corrected chi connectivity index (χ3v) is 4.52. The number of ether oxygens (including phenoxy) is 2. The van der Waals surface area contributed by atoms with Gasteiger partial charge in [0.15, 0.2) is 0 Å². The summed E-state index contributed by atoms with van der Waals surface area (Å²) < 4.78 is 12.8. The average Bonchev–Trinajstić information content (AvgIpc) is 3.27. The van der Waals surface area contributed by atoms with Gasteiger partial charge in [-0.15, -0.1) is 0 Å². The van der Waals surface area contributed by atoms with Crippen molar-refractivity contribution in [3.05, 3.63) is 42.7 Å². The lowest BCUT2D eigenvalue weighted by Crippen LogP contribution is -2.33. The summed E-state index contributed by atoms with van der Waals surface area (Å²) in [6.45, 7) is 1.71. The first-order chi connectivity index (χ1) is 12.3. The summed E-state index contributed by atoms with van der Waals surface area (Å²) >= 11 is 0. The minimum absolute atomic E-state index is 0.144. The summed E-state index contributed by atoms with van der Waals surface area (Å²) in [5.74, 6) is 1.60. The van der Waals surface area contributed by atoms with Gasteiger partial charge in [-0.05, 0) is 24.3 Å². The molecule has 1 saturated heterocycles. The van der Waals surface area contributed by atoms with Crippen LogP contribution in [0.5, 0.6) is 5.75 Å². The summed E-state index contributed by atoms with van der Waals surface area (Å²) in [7, 11) is 3.39. The highest BCUT2D eigenvalue weighted by Crippen LogP contribution is 2.23. The molecule has 0 bridgehead atoms. The first kappa shape index (κ1) is 15.9. The van der Waals surface area contributed by atoms with Gasteiger partial charge in [0, 0.05) is 20.2 Å². The van der Waals surface area contributed by atoms with E-state index in [0.717, 1.165) is 41.7 Å². The molecule has 4 rings (SSSR count). The standard InChI is InChI=1S/C18H21N5O2/c1-24-12-6-7-18-20-9-15(23(18)11-12)13-4-3-5-17(21-13)22-14-8-19-10-16(14)25-2/h3-7,9,11,14,16,19H,8,10H2,1-2H3,(H,21,22)/t14-,16-/m0/s1. The first-order valence-electron chi connectivity index (χ1n) is 8.27. The lowest BCUT2D eigenvalue weighted by atomic mass is 10.2. The smallest absolute Gasteiger partial charge is 0.137 e. The average molecular weight is 339 g/mol. The zero-order valence-corrected chi connectivity index (χ0v) is 14.3. The molecule has 130 valence electrons. The Hall–Kier alpha value is -2.64. The first-order valence-corrected chi connectivity index (χ1v) is 8.27. The van der Waals surface area contributed by atoms with Crippen LogP contribution in [0.15, 0.2) is 42.7 Å². The molecule has 2 atom stereocenters. The zero-order chi connectivity index (χ0) is 17.2. The molecular formula is C18H21N5O2. The molecule has 1 aliphatic rings. The van der Waals surface area contributed by atoms with E-state index in [1.165, 1.54) is 0 Å². The Morgan fingerprint density at radius 2 is 2.12 bits per heavy atom. The van der Waals surface area contributed by atoms with Crippen molar-refractivity contribution in [2.45, 2.75) is 12.1 Å². The van der Waals surface area contributed by atoms with Crippen LogP contribution >= 0.6 is 0 Å². The van der Waals surface area contributed by atoms with Crippen LogP contribution in [-0.4, -0.2) is 53.8 Å². The molecule has 0 amide bonds. The van der Waals surface area contributed by atoms with Crippen molar-refractivity contribution in [2.75, 3.05) is 32.6 Å². The summed E-state index contributed by atoms with van der Waals surface area (Å²) in [6.07, 6.45) is 3.89. The molecule has 1 fully saturated rings. The fourth-order valence-corrected chi connectivity index (χ4v) is 3.17. The molecule has 1 aliphatic heterocycles. The van der Waals surface area contributed by atoms with Crippen molar-refractivity contribution >= 4 is 11.5 Å². The van der Waals surface area contributed by atoms with Gasteiger partial charge in [-0.3, -0.25) is 4.40 Å². The Morgan fingerprint density at radius 1 is 1.20 bits per heavy atom. The normalized spacial score (nSPS) is 20.1. The topological polar surface area (TPSA) is 72.7 Å². The van der Waals surface area contributed by atoms with Gasteiger partial charge >= 0.3 is 0 Å². The van der Waals surface area contributed by atoms with E-state index in [4.69, 9.17) is 14.5 Å². The van der Waals surface area contributed by atoms with Gasteiger partial charge in [-0.2, -0.15) is 0 Å². The van der Waals surface area contributed by atoms with Crippen molar-refractivity contribution in [1.29, 1.82) is 0 Å². The van der Waals surface area contributed by atoms with Gasteiger partial charge in [-0.25, -0.2) is 9.97 Å². The largest absolute Gasteiger partial charge is 0.495 e. The Bertz CT molecular complexity index is 879. The van der Waals surface area contributed by atoms with Crippen LogP contribution in [0, 0.1) is 0 Å². The summed E-state index contributed by atoms with van der Waals surface area (Å²) in [5.41, 5.74) is 2.63. The van der Waals surface area contributed by atoms with Crippen LogP contribution in [0.1, 0.15) is 0 Å². The molecule has 7 heteroatoms. The molecule has 3 aromatic rings. The number of methoxy groups -OCH3 is 2. The SMILES string of the molecule is COc1ccc2ncc(-c3cccc(N[C@H]4CNC[C@@H]4OC)n3)n2c1. The quantitative estimate of drug-likeness (QED) is 0.739. The van der Waals surface area contributed by atoms with Crippen molar-refractivity contribution in [3.63, 3.8) is 0 Å². The fourth-order valence-electron chi connectivity index (χ4n) is 3.17. The molecule has 2 N–H and O–H groups in total. The van der Waals surface area contributed by atoms with Crippen LogP contribution in [0.3, 0.4) is 0 Å². The van der Waals surface area contributed by atoms with Crippen LogP contribution in [-0.2, 0) is 4.74 Å². The molecule has 0 radical (unpaired) electrons. The van der Waals surface area contributed by atoms with E-state index < -0.39 is 0 Å². The monoisotopic (exact) mass is 339 g/mol. The van der Waals surface area contributed by atoms with E-state index >= 15 is 0 Å². The third-order valence-electron chi connectivity index (χ3n) is 4.52. The maximum atomic E-state index is 5.50. The van der Waals surface area contributed by atoms with Crippen LogP contribution in [0.25, 0.3) is 17.0 Å². The maximum absolute atomic E-state index is 5.50. The predicted molar refractivity (Wildman–Crippen MR) is 96.1 cm³/mol. The number of rotatable bonds is 5. The number of hydrogen-bond acceptors (Lipinski definition) is 6. The Balaban J connectivity index is 1.65. The number of nitrogens with zero attached hydrogens (tertiary/aromatic N) is 3. The Labute approximate surface area is 146 Å². The molecular weight excluding hydrogens is 318 g/mol. The van der Waals surface area contributed by atoms with Crippen molar-refractivity contribution in [1.82, 2.24) is 19.7 Å². The number of imidazole rings is 1. The van der Waals surface area contributed by atoms with Crippen molar-refractivity contribution in [3.8, 4) is 17.1 Å². The van der Waals surface area contributed by atoms with Gasteiger partial charge in [0.2, 0.25) is 0 Å². The van der Waals surface area contributed by atoms with Crippen LogP contribution < -0.4 is 15.4 Å². The fraction of sp³-hybridized carbons (Fsp3) is 0.333. The maximum Gasteiger partial charge on any atom is 0.137 e. The highest BCUT2D eigenvalue weighted by atomic mass is 16.5. The molecule has 0 saturated carbocycles. The lowest BCUT2D eigenvalue weighted by molar-refractivity contribution is 0.111. The predicted octanol–water partition coefficient (Wildman–Crippen LogP) is 1.80. The van der Waals surface area contributed by atoms with E-state index in [9.17, 15) is 0 Å². The van der Waals surface area contributed by atoms with Crippen molar-refractivity contribution in [2.24, 2.45) is 0 Å². The number of pyridine rings is 2. The van der Waals surface area contributed by atoms with Gasteiger partial charge in [0.1, 0.15) is 17.2 Å². The van der Waals surface area contributed by atoms with Gasteiger partial charge in [0.05, 0.1) is 43.0 Å². The van der Waals surface area contributed by atoms with Gasteiger partial charge in [0.25, 0.3) is 0 Å². The second-order valence-electron chi connectivity index (χ2n) is 6.03. The highest BCUT2D eigenvalue weighted by molar-refractivity contribution is 5.62. The van der Waals surface area contributed by atoms with Crippen molar-refractivity contribution < 1.29 is 9.47 Å². The second-order valence-corrected chi connectivity index (χ2v) is 6.03. The number of fused-ring (bicyclic) bond motifs is 1. The lowest BCUT2D eigenvalue weighted by Gasteiger charge is -2.19. The number of hydrogen-bond donors (Lipinski definition) is 2. The zero-order valence-electron chi connectivity index (χ0n) is 14.3. The van der Waals surface area contributed by atoms with Gasteiger partial charge < -0.3 is 20.1 Å². The third kappa shape index (κ3) is 3.04. The molecule has 7 nitrogen and oxygen atoms in total. The summed E-state index contributed by atoms with van der Waals surface area (Å²) in [4.78, 5) is 9.20. The molecule has 0 unspecified atom stereocenters. The molecule has 3 aromatic heterocycles. The van der Waals surface area contributed by atoms with E-state index in [1.54, 1.807) is 14.2 Å². The van der Waals surface area contributed by atoms with Gasteiger partial charge in [-0.1, -0.05) is 6.07 Å². The Morgan fingerprint density at radius 3 is 2.96 bits per heavy atom. The second kappa shape index (κ2) is 6.70. The molecule has 0 aliphatic carbocycles. The highest BCUT2D eigenvalue weighted by Gasteiger charge is 2.26. The van der Waals surface area contributed by atoms with Crippen LogP contribution in [0.2, 0.25) is 0 Å². The Kier molecular flexibility index (Phi) is 4.25. The molecule has 0 aromatic carbocycles. The number of nitrogens with one attached hydrogen (secondary N) is 2. The molecule has 0 spiro atoms. The molecule has 25 heavy (non-hydrogen) atoms. The van der Waals surface area contributed by atoms with E-state index in [2.05, 4.69) is 15.6 Å².